The van der Waals surface area contributed by atoms with Gasteiger partial charge in [-0.3, -0.25) is 9.59 Å². The quantitative estimate of drug-likeness (QED) is 0.486. The van der Waals surface area contributed by atoms with Gasteiger partial charge in [-0.15, -0.1) is 0 Å². The Balaban J connectivity index is 1.56. The Morgan fingerprint density at radius 1 is 1.27 bits per heavy atom. The number of hydrogen-bond acceptors (Lipinski definition) is 6. The molecule has 0 spiro atoms. The van der Waals surface area contributed by atoms with Crippen molar-refractivity contribution in [1.29, 1.82) is 0 Å². The van der Waals surface area contributed by atoms with E-state index >= 15 is 0 Å². The molecule has 1 aromatic carbocycles. The van der Waals surface area contributed by atoms with Crippen LogP contribution in [-0.2, 0) is 9.59 Å². The predicted molar refractivity (Wildman–Crippen MR) is 116 cm³/mol. The van der Waals surface area contributed by atoms with Gasteiger partial charge in [0.05, 0.1) is 24.1 Å². The zero-order chi connectivity index (χ0) is 21.5. The molecule has 1 aliphatic heterocycles. The first-order chi connectivity index (χ1) is 14.4. The number of fused-ring (bicyclic) bond motifs is 1. The average Bonchev–Trinajstić information content (AvgIpc) is 3.20. The number of rotatable bonds is 9. The molecule has 5 N–H and O–H groups in total. The zero-order valence-electron chi connectivity index (χ0n) is 17.6. The summed E-state index contributed by atoms with van der Waals surface area (Å²) >= 11 is 0. The molecular formula is C22H31N5O3. The number of benzene rings is 1. The number of nitrogens with one attached hydrogen (secondary N) is 3. The van der Waals surface area contributed by atoms with Gasteiger partial charge in [0.2, 0.25) is 17.7 Å². The van der Waals surface area contributed by atoms with Crippen molar-refractivity contribution in [2.75, 3.05) is 19.7 Å². The summed E-state index contributed by atoms with van der Waals surface area (Å²) in [6.07, 6.45) is 1.33. The molecule has 1 aliphatic rings. The number of nitrogens with two attached hydrogens (primary N) is 1. The van der Waals surface area contributed by atoms with E-state index in [1.165, 1.54) is 0 Å². The number of hydrogen-bond donors (Lipinski definition) is 4. The Hall–Kier alpha value is -2.71. The van der Waals surface area contributed by atoms with Crippen LogP contribution in [0.1, 0.15) is 26.7 Å². The minimum Gasteiger partial charge on any atom is -0.475 e. The van der Waals surface area contributed by atoms with Crippen LogP contribution in [0.4, 0.5) is 0 Å². The number of carbonyl (C=O) groups excluding carboxylic acids is 2. The number of para-hydroxylation sites is 1. The van der Waals surface area contributed by atoms with Gasteiger partial charge in [-0.1, -0.05) is 32.0 Å². The van der Waals surface area contributed by atoms with E-state index in [9.17, 15) is 9.59 Å². The van der Waals surface area contributed by atoms with Crippen LogP contribution in [0.15, 0.2) is 36.4 Å². The molecule has 30 heavy (non-hydrogen) atoms. The van der Waals surface area contributed by atoms with Gasteiger partial charge in [0.25, 0.3) is 0 Å². The zero-order valence-corrected chi connectivity index (χ0v) is 17.6. The summed E-state index contributed by atoms with van der Waals surface area (Å²) in [7, 11) is 0. The molecule has 0 saturated carbocycles. The van der Waals surface area contributed by atoms with E-state index in [-0.39, 0.29) is 36.5 Å². The first-order valence-electron chi connectivity index (χ1n) is 10.5. The Bertz CT molecular complexity index is 873. The van der Waals surface area contributed by atoms with Gasteiger partial charge >= 0.3 is 0 Å². The van der Waals surface area contributed by atoms with Crippen molar-refractivity contribution in [3.8, 4) is 5.88 Å². The van der Waals surface area contributed by atoms with E-state index in [2.05, 4.69) is 34.8 Å². The third-order valence-electron chi connectivity index (χ3n) is 5.11. The number of amides is 2. The lowest BCUT2D eigenvalue weighted by atomic mass is 10.0. The standard InChI is InChI=1S/C22H31N5O3/c1-14(2)9-17(13-30-21-8-7-15-5-3-4-6-18(15)27-21)26-22(29)19-10-16(12-24-19)25-20(28)11-23/h3-8,14,16-17,19,24H,9-13,23H2,1-2H3,(H,25,28)(H,26,29)/t16-,17?,19+/m1/s1. The molecule has 3 rings (SSSR count). The fraction of sp³-hybridized carbons (Fsp3) is 0.500. The summed E-state index contributed by atoms with van der Waals surface area (Å²) in [6, 6.07) is 11.1. The summed E-state index contributed by atoms with van der Waals surface area (Å²) < 4.78 is 5.91. The monoisotopic (exact) mass is 413 g/mol. The SMILES string of the molecule is CC(C)CC(COc1ccc2ccccc2n1)NC(=O)[C@@H]1C[C@@H](NC(=O)CN)CN1. The third kappa shape index (κ3) is 6.14. The van der Waals surface area contributed by atoms with Crippen LogP contribution in [-0.4, -0.2) is 54.6 Å². The van der Waals surface area contributed by atoms with Crippen molar-refractivity contribution in [1.82, 2.24) is 20.9 Å². The molecule has 2 amide bonds. The first kappa shape index (κ1) is 22.0. The van der Waals surface area contributed by atoms with Crippen LogP contribution in [0.3, 0.4) is 0 Å². The molecule has 2 heterocycles. The fourth-order valence-corrected chi connectivity index (χ4v) is 3.69. The highest BCUT2D eigenvalue weighted by atomic mass is 16.5. The van der Waals surface area contributed by atoms with Crippen LogP contribution < -0.4 is 26.4 Å². The predicted octanol–water partition coefficient (Wildman–Crippen LogP) is 0.950. The van der Waals surface area contributed by atoms with E-state index in [0.717, 1.165) is 17.3 Å². The van der Waals surface area contributed by atoms with Crippen molar-refractivity contribution in [2.45, 2.75) is 44.8 Å². The second kappa shape index (κ2) is 10.4. The molecule has 1 unspecified atom stereocenters. The molecule has 3 atom stereocenters. The molecule has 8 nitrogen and oxygen atoms in total. The lowest BCUT2D eigenvalue weighted by molar-refractivity contribution is -0.124. The molecule has 8 heteroatoms. The normalized spacial score (nSPS) is 19.6. The van der Waals surface area contributed by atoms with E-state index in [0.29, 0.717) is 31.4 Å². The van der Waals surface area contributed by atoms with E-state index in [1.807, 2.05) is 36.4 Å². The maximum atomic E-state index is 12.7. The number of carbonyl (C=O) groups is 2. The molecule has 0 bridgehead atoms. The second-order valence-electron chi connectivity index (χ2n) is 8.15. The van der Waals surface area contributed by atoms with Gasteiger partial charge in [-0.25, -0.2) is 4.98 Å². The molecule has 2 aromatic rings. The second-order valence-corrected chi connectivity index (χ2v) is 8.15. The van der Waals surface area contributed by atoms with E-state index in [4.69, 9.17) is 10.5 Å². The minimum absolute atomic E-state index is 0.0516. The summed E-state index contributed by atoms with van der Waals surface area (Å²) in [6.45, 7) is 5.06. The number of pyridine rings is 1. The van der Waals surface area contributed by atoms with Crippen LogP contribution in [0.25, 0.3) is 10.9 Å². The Labute approximate surface area is 176 Å². The largest absolute Gasteiger partial charge is 0.475 e. The number of aromatic nitrogens is 1. The molecule has 0 radical (unpaired) electrons. The van der Waals surface area contributed by atoms with Crippen molar-refractivity contribution in [3.63, 3.8) is 0 Å². The van der Waals surface area contributed by atoms with Crippen LogP contribution in [0, 0.1) is 5.92 Å². The smallest absolute Gasteiger partial charge is 0.237 e. The van der Waals surface area contributed by atoms with Gasteiger partial charge in [0.1, 0.15) is 6.61 Å². The van der Waals surface area contributed by atoms with Crippen LogP contribution >= 0.6 is 0 Å². The number of nitrogens with zero attached hydrogens (tertiary/aromatic N) is 1. The topological polar surface area (TPSA) is 118 Å². The maximum Gasteiger partial charge on any atom is 0.237 e. The molecular weight excluding hydrogens is 382 g/mol. The van der Waals surface area contributed by atoms with E-state index in [1.54, 1.807) is 0 Å². The highest BCUT2D eigenvalue weighted by molar-refractivity contribution is 5.83. The van der Waals surface area contributed by atoms with Gasteiger partial charge in [-0.2, -0.15) is 0 Å². The summed E-state index contributed by atoms with van der Waals surface area (Å²) in [4.78, 5) is 28.7. The minimum atomic E-state index is -0.346. The Kier molecular flexibility index (Phi) is 7.59. The van der Waals surface area contributed by atoms with Gasteiger partial charge in [0, 0.05) is 24.0 Å². The molecule has 0 aliphatic carbocycles. The molecule has 1 saturated heterocycles. The van der Waals surface area contributed by atoms with Crippen LogP contribution in [0.5, 0.6) is 5.88 Å². The Morgan fingerprint density at radius 2 is 2.07 bits per heavy atom. The fourth-order valence-electron chi connectivity index (χ4n) is 3.69. The summed E-state index contributed by atoms with van der Waals surface area (Å²) in [5.74, 6) is 0.647. The highest BCUT2D eigenvalue weighted by Crippen LogP contribution is 2.17. The van der Waals surface area contributed by atoms with E-state index < -0.39 is 0 Å². The van der Waals surface area contributed by atoms with Crippen molar-refractivity contribution in [2.24, 2.45) is 11.7 Å². The molecule has 162 valence electrons. The first-order valence-corrected chi connectivity index (χ1v) is 10.5. The van der Waals surface area contributed by atoms with Crippen LogP contribution in [0.2, 0.25) is 0 Å². The lowest BCUT2D eigenvalue weighted by Crippen LogP contribution is -2.47. The van der Waals surface area contributed by atoms with Gasteiger partial charge in [0.15, 0.2) is 0 Å². The maximum absolute atomic E-state index is 12.7. The van der Waals surface area contributed by atoms with Crippen molar-refractivity contribution >= 4 is 22.7 Å². The lowest BCUT2D eigenvalue weighted by Gasteiger charge is -2.23. The van der Waals surface area contributed by atoms with Gasteiger partial charge < -0.3 is 26.4 Å². The van der Waals surface area contributed by atoms with Gasteiger partial charge in [-0.05, 0) is 30.9 Å². The summed E-state index contributed by atoms with van der Waals surface area (Å²) in [5.41, 5.74) is 6.21. The average molecular weight is 414 g/mol. The third-order valence-corrected chi connectivity index (χ3v) is 5.11. The molecule has 1 fully saturated rings. The van der Waals surface area contributed by atoms with Crippen molar-refractivity contribution in [3.05, 3.63) is 36.4 Å². The summed E-state index contributed by atoms with van der Waals surface area (Å²) in [5, 5.41) is 10.1. The number of ether oxygens (including phenoxy) is 1. The van der Waals surface area contributed by atoms with Crippen molar-refractivity contribution < 1.29 is 14.3 Å². The Morgan fingerprint density at radius 3 is 2.83 bits per heavy atom. The highest BCUT2D eigenvalue weighted by Gasteiger charge is 2.31. The molecule has 1 aromatic heterocycles.